The van der Waals surface area contributed by atoms with Crippen molar-refractivity contribution in [1.82, 2.24) is 30.1 Å². The van der Waals surface area contributed by atoms with Gasteiger partial charge in [-0.3, -0.25) is 14.7 Å². The summed E-state index contributed by atoms with van der Waals surface area (Å²) in [7, 11) is 0. The molecule has 0 spiro atoms. The van der Waals surface area contributed by atoms with Crippen LogP contribution in [0.5, 0.6) is 5.75 Å². The molecule has 168 valence electrons. The second-order valence-electron chi connectivity index (χ2n) is 7.56. The SMILES string of the molecule is CCC(=O)Cn1nnnc1C(c1cccc(O)c1)N1CCN(c2c(Cl)cncc2Cl)CC1. The number of ketones is 1. The van der Waals surface area contributed by atoms with Crippen molar-refractivity contribution in [2.45, 2.75) is 25.9 Å². The van der Waals surface area contributed by atoms with Gasteiger partial charge in [0, 0.05) is 45.0 Å². The normalized spacial score (nSPS) is 15.7. The van der Waals surface area contributed by atoms with Crippen LogP contribution in [0.4, 0.5) is 5.69 Å². The van der Waals surface area contributed by atoms with E-state index in [0.717, 1.165) is 11.3 Å². The first-order valence-electron chi connectivity index (χ1n) is 10.3. The maximum atomic E-state index is 12.1. The highest BCUT2D eigenvalue weighted by Gasteiger charge is 2.32. The number of aromatic hydroxyl groups is 1. The van der Waals surface area contributed by atoms with E-state index in [1.54, 1.807) is 35.3 Å². The number of Topliss-reactive ketones (excluding diaryl/α,β-unsaturated/α-hetero) is 1. The minimum atomic E-state index is -0.327. The number of phenolic OH excluding ortho intramolecular Hbond substituents is 1. The molecular formula is C21H23Cl2N7O2. The highest BCUT2D eigenvalue weighted by Crippen LogP contribution is 2.35. The number of hydrogen-bond donors (Lipinski definition) is 1. The molecule has 9 nitrogen and oxygen atoms in total. The Morgan fingerprint density at radius 3 is 2.53 bits per heavy atom. The summed E-state index contributed by atoms with van der Waals surface area (Å²) < 4.78 is 1.55. The van der Waals surface area contributed by atoms with E-state index < -0.39 is 0 Å². The molecule has 1 aromatic carbocycles. The van der Waals surface area contributed by atoms with E-state index >= 15 is 0 Å². The molecule has 0 amide bonds. The molecule has 4 rings (SSSR count). The Balaban J connectivity index is 1.63. The molecule has 1 N–H and O–H groups in total. The number of tetrazole rings is 1. The zero-order valence-electron chi connectivity index (χ0n) is 17.5. The number of nitrogens with zero attached hydrogens (tertiary/aromatic N) is 7. The van der Waals surface area contributed by atoms with Gasteiger partial charge < -0.3 is 10.0 Å². The van der Waals surface area contributed by atoms with Crippen molar-refractivity contribution in [1.29, 1.82) is 0 Å². The Bertz CT molecular complexity index is 1080. The first-order chi connectivity index (χ1) is 15.5. The first kappa shape index (κ1) is 22.4. The van der Waals surface area contributed by atoms with Gasteiger partial charge in [-0.25, -0.2) is 4.68 Å². The Morgan fingerprint density at radius 1 is 1.16 bits per heavy atom. The van der Waals surface area contributed by atoms with E-state index in [-0.39, 0.29) is 24.1 Å². The molecule has 1 aliphatic rings. The number of rotatable bonds is 7. The molecule has 3 aromatic rings. The number of carbonyl (C=O) groups excluding carboxylic acids is 1. The highest BCUT2D eigenvalue weighted by atomic mass is 35.5. The molecule has 2 aromatic heterocycles. The lowest BCUT2D eigenvalue weighted by molar-refractivity contribution is -0.119. The van der Waals surface area contributed by atoms with E-state index in [2.05, 4.69) is 30.3 Å². The van der Waals surface area contributed by atoms with Crippen LogP contribution in [0.1, 0.15) is 30.8 Å². The quantitative estimate of drug-likeness (QED) is 0.556. The minimum absolute atomic E-state index is 0.0417. The van der Waals surface area contributed by atoms with Crippen molar-refractivity contribution >= 4 is 34.7 Å². The third-order valence-electron chi connectivity index (χ3n) is 5.53. The van der Waals surface area contributed by atoms with E-state index in [1.807, 2.05) is 13.0 Å². The van der Waals surface area contributed by atoms with E-state index in [0.29, 0.717) is 48.5 Å². The molecule has 3 heterocycles. The summed E-state index contributed by atoms with van der Waals surface area (Å²) >= 11 is 12.7. The standard InChI is InChI=1S/C21H23Cl2N7O2/c1-2-15(31)13-30-21(25-26-27-30)19(14-4-3-5-16(32)10-14)28-6-8-29(9-7-28)20-17(22)11-24-12-18(20)23/h3-5,10-12,19,32H,2,6-9,13H2,1H3. The smallest absolute Gasteiger partial charge is 0.173 e. The van der Waals surface area contributed by atoms with E-state index in [1.165, 1.54) is 0 Å². The van der Waals surface area contributed by atoms with Gasteiger partial charge in [0.1, 0.15) is 12.3 Å². The zero-order chi connectivity index (χ0) is 22.7. The van der Waals surface area contributed by atoms with Crippen LogP contribution >= 0.6 is 23.2 Å². The molecule has 1 aliphatic heterocycles. The number of piperazine rings is 1. The Kier molecular flexibility index (Phi) is 6.88. The van der Waals surface area contributed by atoms with Gasteiger partial charge in [0.05, 0.1) is 21.8 Å². The van der Waals surface area contributed by atoms with Crippen molar-refractivity contribution in [3.8, 4) is 5.75 Å². The molecule has 1 unspecified atom stereocenters. The van der Waals surface area contributed by atoms with Crippen molar-refractivity contribution in [2.24, 2.45) is 0 Å². The number of hydrogen-bond acceptors (Lipinski definition) is 8. The molecule has 11 heteroatoms. The Hall–Kier alpha value is -2.75. The molecule has 0 radical (unpaired) electrons. The molecule has 0 aliphatic carbocycles. The van der Waals surface area contributed by atoms with Crippen LogP contribution < -0.4 is 4.90 Å². The predicted molar refractivity (Wildman–Crippen MR) is 121 cm³/mol. The van der Waals surface area contributed by atoms with Crippen molar-refractivity contribution in [2.75, 3.05) is 31.1 Å². The predicted octanol–water partition coefficient (Wildman–Crippen LogP) is 2.97. The van der Waals surface area contributed by atoms with Gasteiger partial charge in [0.15, 0.2) is 11.6 Å². The number of carbonyl (C=O) groups is 1. The van der Waals surface area contributed by atoms with Crippen LogP contribution in [-0.2, 0) is 11.3 Å². The molecule has 1 atom stereocenters. The molecule has 0 bridgehead atoms. The van der Waals surface area contributed by atoms with Crippen molar-refractivity contribution < 1.29 is 9.90 Å². The fourth-order valence-electron chi connectivity index (χ4n) is 3.93. The third-order valence-corrected chi connectivity index (χ3v) is 6.09. The fraction of sp³-hybridized carbons (Fsp3) is 0.381. The fourth-order valence-corrected chi connectivity index (χ4v) is 4.53. The molecule has 1 saturated heterocycles. The molecule has 32 heavy (non-hydrogen) atoms. The number of halogens is 2. The summed E-state index contributed by atoms with van der Waals surface area (Å²) in [4.78, 5) is 20.5. The lowest BCUT2D eigenvalue weighted by Crippen LogP contribution is -2.48. The van der Waals surface area contributed by atoms with Crippen LogP contribution in [0.25, 0.3) is 0 Å². The summed E-state index contributed by atoms with van der Waals surface area (Å²) in [5.74, 6) is 0.760. The van der Waals surface area contributed by atoms with E-state index in [4.69, 9.17) is 23.2 Å². The van der Waals surface area contributed by atoms with Gasteiger partial charge in [0.2, 0.25) is 0 Å². The van der Waals surface area contributed by atoms with Crippen LogP contribution in [0.15, 0.2) is 36.7 Å². The summed E-state index contributed by atoms with van der Waals surface area (Å²) in [5, 5.41) is 23.2. The van der Waals surface area contributed by atoms with Crippen LogP contribution in [0, 0.1) is 0 Å². The van der Waals surface area contributed by atoms with Gasteiger partial charge in [0.25, 0.3) is 0 Å². The van der Waals surface area contributed by atoms with Gasteiger partial charge in [-0.05, 0) is 28.1 Å². The second-order valence-corrected chi connectivity index (χ2v) is 8.37. The zero-order valence-corrected chi connectivity index (χ0v) is 19.0. The number of aromatic nitrogens is 5. The summed E-state index contributed by atoms with van der Waals surface area (Å²) in [6.07, 6.45) is 3.58. The molecule has 0 saturated carbocycles. The van der Waals surface area contributed by atoms with Gasteiger partial charge in [-0.2, -0.15) is 0 Å². The molecule has 1 fully saturated rings. The Labute approximate surface area is 195 Å². The lowest BCUT2D eigenvalue weighted by Gasteiger charge is -2.40. The first-order valence-corrected chi connectivity index (χ1v) is 11.1. The van der Waals surface area contributed by atoms with Crippen molar-refractivity contribution in [3.63, 3.8) is 0 Å². The second kappa shape index (κ2) is 9.81. The average Bonchev–Trinajstić information content (AvgIpc) is 3.22. The van der Waals surface area contributed by atoms with Crippen LogP contribution in [-0.4, -0.2) is 67.2 Å². The van der Waals surface area contributed by atoms with Gasteiger partial charge in [-0.15, -0.1) is 5.10 Å². The maximum Gasteiger partial charge on any atom is 0.173 e. The summed E-state index contributed by atoms with van der Waals surface area (Å²) in [6, 6.07) is 6.71. The molecular weight excluding hydrogens is 453 g/mol. The third kappa shape index (κ3) is 4.69. The minimum Gasteiger partial charge on any atom is -0.508 e. The average molecular weight is 476 g/mol. The van der Waals surface area contributed by atoms with Gasteiger partial charge >= 0.3 is 0 Å². The summed E-state index contributed by atoms with van der Waals surface area (Å²) in [6.45, 7) is 4.61. The number of pyridine rings is 1. The number of anilines is 1. The maximum absolute atomic E-state index is 12.1. The van der Waals surface area contributed by atoms with Crippen molar-refractivity contribution in [3.05, 3.63) is 58.1 Å². The van der Waals surface area contributed by atoms with Gasteiger partial charge in [-0.1, -0.05) is 42.3 Å². The van der Waals surface area contributed by atoms with E-state index in [9.17, 15) is 9.90 Å². The van der Waals surface area contributed by atoms with Crippen LogP contribution in [0.3, 0.4) is 0 Å². The topological polar surface area (TPSA) is 100 Å². The Morgan fingerprint density at radius 2 is 1.88 bits per heavy atom. The number of phenols is 1. The highest BCUT2D eigenvalue weighted by molar-refractivity contribution is 6.38. The lowest BCUT2D eigenvalue weighted by atomic mass is 10.0. The number of benzene rings is 1. The summed E-state index contributed by atoms with van der Waals surface area (Å²) in [5.41, 5.74) is 1.62. The van der Waals surface area contributed by atoms with Crippen LogP contribution in [0.2, 0.25) is 10.0 Å². The largest absolute Gasteiger partial charge is 0.508 e. The monoisotopic (exact) mass is 475 g/mol.